The van der Waals surface area contributed by atoms with Crippen molar-refractivity contribution in [1.82, 2.24) is 0 Å². The van der Waals surface area contributed by atoms with E-state index in [0.717, 1.165) is 12.8 Å². The fourth-order valence-corrected chi connectivity index (χ4v) is 1.12. The molecule has 2 N–H and O–H groups in total. The molecule has 0 aromatic carbocycles. The van der Waals surface area contributed by atoms with E-state index in [1.54, 1.807) is 13.8 Å². The molecule has 0 bridgehead atoms. The van der Waals surface area contributed by atoms with Crippen molar-refractivity contribution in [2.75, 3.05) is 0 Å². The van der Waals surface area contributed by atoms with Crippen molar-refractivity contribution in [3.8, 4) is 0 Å². The molecule has 0 saturated carbocycles. The Morgan fingerprint density at radius 3 is 2.25 bits per heavy atom. The quantitative estimate of drug-likeness (QED) is 0.605. The smallest absolute Gasteiger partial charge is 0.0874 e. The lowest BCUT2D eigenvalue weighted by Crippen LogP contribution is -2.36. The van der Waals surface area contributed by atoms with Gasteiger partial charge in [-0.1, -0.05) is 32.6 Å². The molecule has 0 aromatic rings. The molecule has 0 saturated heterocycles. The van der Waals surface area contributed by atoms with Gasteiger partial charge in [0.2, 0.25) is 0 Å². The molecule has 0 radical (unpaired) electrons. The van der Waals surface area contributed by atoms with Crippen molar-refractivity contribution in [1.29, 1.82) is 0 Å². The Labute approximate surface area is 75.6 Å². The van der Waals surface area contributed by atoms with Crippen LogP contribution in [-0.2, 0) is 0 Å². The zero-order valence-corrected chi connectivity index (χ0v) is 8.51. The maximum absolute atomic E-state index is 9.64. The monoisotopic (exact) mass is 174 g/mol. The molecule has 0 rings (SSSR count). The zero-order valence-electron chi connectivity index (χ0n) is 8.51. The summed E-state index contributed by atoms with van der Waals surface area (Å²) in [6.07, 6.45) is 4.65. The Bertz CT molecular complexity index is 108. The van der Waals surface area contributed by atoms with Crippen molar-refractivity contribution >= 4 is 0 Å². The lowest BCUT2D eigenvalue weighted by molar-refractivity contribution is -0.0588. The molecule has 0 aliphatic heterocycles. The summed E-state index contributed by atoms with van der Waals surface area (Å²) in [5.74, 6) is 0. The SMILES string of the molecule is CCCCCCC(C)(O)C(C)O. The molecule has 2 nitrogen and oxygen atoms in total. The van der Waals surface area contributed by atoms with Crippen LogP contribution in [0.15, 0.2) is 0 Å². The number of hydrogen-bond acceptors (Lipinski definition) is 2. The van der Waals surface area contributed by atoms with Crippen molar-refractivity contribution < 1.29 is 10.2 Å². The fraction of sp³-hybridized carbons (Fsp3) is 1.00. The van der Waals surface area contributed by atoms with Crippen LogP contribution in [0.25, 0.3) is 0 Å². The van der Waals surface area contributed by atoms with Gasteiger partial charge in [0.1, 0.15) is 0 Å². The van der Waals surface area contributed by atoms with Crippen LogP contribution in [0, 0.1) is 0 Å². The topological polar surface area (TPSA) is 40.5 Å². The normalized spacial score (nSPS) is 18.8. The largest absolute Gasteiger partial charge is 0.390 e. The minimum Gasteiger partial charge on any atom is -0.390 e. The van der Waals surface area contributed by atoms with Crippen LogP contribution in [0.1, 0.15) is 52.9 Å². The first-order valence-corrected chi connectivity index (χ1v) is 4.91. The van der Waals surface area contributed by atoms with Gasteiger partial charge in [0.25, 0.3) is 0 Å². The molecule has 2 unspecified atom stereocenters. The Kier molecular flexibility index (Phi) is 5.51. The van der Waals surface area contributed by atoms with Crippen LogP contribution in [0.4, 0.5) is 0 Å². The van der Waals surface area contributed by atoms with Crippen LogP contribution in [0.5, 0.6) is 0 Å². The highest BCUT2D eigenvalue weighted by Crippen LogP contribution is 2.18. The van der Waals surface area contributed by atoms with E-state index in [1.807, 2.05) is 0 Å². The Morgan fingerprint density at radius 2 is 1.83 bits per heavy atom. The van der Waals surface area contributed by atoms with Gasteiger partial charge in [-0.25, -0.2) is 0 Å². The van der Waals surface area contributed by atoms with Crippen molar-refractivity contribution in [3.05, 3.63) is 0 Å². The average molecular weight is 174 g/mol. The third kappa shape index (κ3) is 4.73. The summed E-state index contributed by atoms with van der Waals surface area (Å²) in [7, 11) is 0. The summed E-state index contributed by atoms with van der Waals surface area (Å²) in [6.45, 7) is 5.50. The van der Waals surface area contributed by atoms with Crippen molar-refractivity contribution in [2.45, 2.75) is 64.6 Å². The van der Waals surface area contributed by atoms with Crippen LogP contribution in [0.3, 0.4) is 0 Å². The predicted octanol–water partition coefficient (Wildman–Crippen LogP) is 2.09. The maximum atomic E-state index is 9.64. The Hall–Kier alpha value is -0.0800. The number of unbranched alkanes of at least 4 members (excludes halogenated alkanes) is 3. The standard InChI is InChI=1S/C10H22O2/c1-4-5-6-7-8-10(3,12)9(2)11/h9,11-12H,4-8H2,1-3H3. The number of hydrogen-bond donors (Lipinski definition) is 2. The molecule has 0 heterocycles. The zero-order chi connectivity index (χ0) is 9.61. The number of aliphatic hydroxyl groups is 2. The third-order valence-electron chi connectivity index (χ3n) is 2.44. The van der Waals surface area contributed by atoms with E-state index >= 15 is 0 Å². The first-order valence-electron chi connectivity index (χ1n) is 4.91. The molecular formula is C10H22O2. The molecule has 0 aromatic heterocycles. The van der Waals surface area contributed by atoms with Crippen LogP contribution in [0.2, 0.25) is 0 Å². The summed E-state index contributed by atoms with van der Waals surface area (Å²) < 4.78 is 0. The van der Waals surface area contributed by atoms with Gasteiger partial charge in [0.05, 0.1) is 11.7 Å². The number of aliphatic hydroxyl groups excluding tert-OH is 1. The first-order chi connectivity index (χ1) is 5.50. The molecule has 0 fully saturated rings. The molecule has 0 amide bonds. The van der Waals surface area contributed by atoms with Gasteiger partial charge in [0, 0.05) is 0 Å². The van der Waals surface area contributed by atoms with E-state index in [4.69, 9.17) is 0 Å². The van der Waals surface area contributed by atoms with E-state index < -0.39 is 11.7 Å². The van der Waals surface area contributed by atoms with E-state index in [-0.39, 0.29) is 0 Å². The highest BCUT2D eigenvalue weighted by molar-refractivity contribution is 4.77. The molecule has 2 heteroatoms. The van der Waals surface area contributed by atoms with Crippen molar-refractivity contribution in [2.24, 2.45) is 0 Å². The van der Waals surface area contributed by atoms with Crippen LogP contribution < -0.4 is 0 Å². The fourth-order valence-electron chi connectivity index (χ4n) is 1.12. The molecule has 12 heavy (non-hydrogen) atoms. The summed E-state index contributed by atoms with van der Waals surface area (Å²) in [5.41, 5.74) is -0.895. The predicted molar refractivity (Wildman–Crippen MR) is 51.1 cm³/mol. The first kappa shape index (κ1) is 11.9. The lowest BCUT2D eigenvalue weighted by Gasteiger charge is -2.26. The highest BCUT2D eigenvalue weighted by Gasteiger charge is 2.25. The Balaban J connectivity index is 3.47. The molecule has 74 valence electrons. The van der Waals surface area contributed by atoms with Gasteiger partial charge in [-0.05, 0) is 20.3 Å². The minimum atomic E-state index is -0.895. The van der Waals surface area contributed by atoms with Gasteiger partial charge in [-0.15, -0.1) is 0 Å². The maximum Gasteiger partial charge on any atom is 0.0874 e. The van der Waals surface area contributed by atoms with Crippen LogP contribution in [-0.4, -0.2) is 21.9 Å². The second-order valence-electron chi connectivity index (χ2n) is 3.84. The summed E-state index contributed by atoms with van der Waals surface area (Å²) in [5, 5.41) is 18.8. The molecule has 2 atom stereocenters. The van der Waals surface area contributed by atoms with E-state index in [9.17, 15) is 10.2 Å². The molecular weight excluding hydrogens is 152 g/mol. The van der Waals surface area contributed by atoms with Gasteiger partial charge in [-0.3, -0.25) is 0 Å². The van der Waals surface area contributed by atoms with Gasteiger partial charge >= 0.3 is 0 Å². The van der Waals surface area contributed by atoms with E-state index in [0.29, 0.717) is 6.42 Å². The van der Waals surface area contributed by atoms with E-state index in [2.05, 4.69) is 6.92 Å². The van der Waals surface area contributed by atoms with Gasteiger partial charge < -0.3 is 10.2 Å². The highest BCUT2D eigenvalue weighted by atomic mass is 16.3. The molecule has 0 aliphatic rings. The molecule has 0 aliphatic carbocycles. The van der Waals surface area contributed by atoms with Gasteiger partial charge in [0.15, 0.2) is 0 Å². The summed E-state index contributed by atoms with van der Waals surface area (Å²) in [6, 6.07) is 0. The summed E-state index contributed by atoms with van der Waals surface area (Å²) in [4.78, 5) is 0. The second-order valence-corrected chi connectivity index (χ2v) is 3.84. The van der Waals surface area contributed by atoms with E-state index in [1.165, 1.54) is 12.8 Å². The van der Waals surface area contributed by atoms with Crippen molar-refractivity contribution in [3.63, 3.8) is 0 Å². The molecule has 0 spiro atoms. The lowest BCUT2D eigenvalue weighted by atomic mass is 9.93. The average Bonchev–Trinajstić information content (AvgIpc) is 1.98. The summed E-state index contributed by atoms with van der Waals surface area (Å²) >= 11 is 0. The number of rotatable bonds is 6. The minimum absolute atomic E-state index is 0.626. The third-order valence-corrected chi connectivity index (χ3v) is 2.44. The van der Waals surface area contributed by atoms with Gasteiger partial charge in [-0.2, -0.15) is 0 Å². The second kappa shape index (κ2) is 5.55. The Morgan fingerprint density at radius 1 is 1.25 bits per heavy atom. The van der Waals surface area contributed by atoms with Crippen LogP contribution >= 0.6 is 0 Å².